The van der Waals surface area contributed by atoms with Gasteiger partial charge in [-0.2, -0.15) is 0 Å². The van der Waals surface area contributed by atoms with Crippen molar-refractivity contribution in [2.75, 3.05) is 13.2 Å². The molecule has 0 aromatic rings. The highest BCUT2D eigenvalue weighted by Crippen LogP contribution is 3.02. The zero-order valence-electron chi connectivity index (χ0n) is 9.89. The van der Waals surface area contributed by atoms with Crippen LogP contribution in [0.3, 0.4) is 0 Å². The molecule has 5 heteroatoms. The molecule has 1 heterocycles. The van der Waals surface area contributed by atoms with Gasteiger partial charge in [0.2, 0.25) is 0 Å². The van der Waals surface area contributed by atoms with Gasteiger partial charge in [0.25, 0.3) is 0 Å². The highest BCUT2D eigenvalue weighted by atomic mass is 79.9. The first-order valence-corrected chi connectivity index (χ1v) is 7.56. The lowest BCUT2D eigenvalue weighted by Crippen LogP contribution is -2.96. The average Bonchev–Trinajstić information content (AvgIpc) is 2.86. The van der Waals surface area contributed by atoms with Gasteiger partial charge in [-0.3, -0.25) is 4.79 Å². The Labute approximate surface area is 112 Å². The molecule has 7 aliphatic rings. The maximum absolute atomic E-state index is 11.3. The lowest BCUT2D eigenvalue weighted by molar-refractivity contribution is -0.459. The number of carbonyl (C=O) groups excluding carboxylic acids is 1. The zero-order chi connectivity index (χ0) is 12.1. The molecule has 0 unspecified atom stereocenters. The van der Waals surface area contributed by atoms with Crippen LogP contribution in [0.2, 0.25) is 0 Å². The van der Waals surface area contributed by atoms with Crippen molar-refractivity contribution < 1.29 is 19.0 Å². The highest BCUT2D eigenvalue weighted by molar-refractivity contribution is 9.10. The van der Waals surface area contributed by atoms with Gasteiger partial charge in [-0.1, -0.05) is 15.9 Å². The quantitative estimate of drug-likeness (QED) is 0.534. The minimum atomic E-state index is -0.395. The van der Waals surface area contributed by atoms with Crippen LogP contribution in [0.4, 0.5) is 0 Å². The van der Waals surface area contributed by atoms with Gasteiger partial charge in [0.05, 0.1) is 17.5 Å². The fraction of sp³-hybridized carbons (Fsp3) is 0.923. The molecule has 18 heavy (non-hydrogen) atoms. The summed E-state index contributed by atoms with van der Waals surface area (Å²) in [5, 5.41) is 0. The molecule has 1 aliphatic heterocycles. The molecule has 7 rings (SSSR count). The largest absolute Gasteiger partial charge is 0.458 e. The van der Waals surface area contributed by atoms with Crippen LogP contribution in [0, 0.1) is 35.5 Å². The Bertz CT molecular complexity index is 505. The summed E-state index contributed by atoms with van der Waals surface area (Å²) in [6, 6.07) is 0. The van der Waals surface area contributed by atoms with E-state index in [1.807, 2.05) is 0 Å². The summed E-state index contributed by atoms with van der Waals surface area (Å²) in [5.41, 5.74) is -0.109. The van der Waals surface area contributed by atoms with Crippen LogP contribution in [-0.4, -0.2) is 34.9 Å². The van der Waals surface area contributed by atoms with E-state index < -0.39 is 5.79 Å². The lowest BCUT2D eigenvalue weighted by Gasteiger charge is -2.89. The SMILES string of the molecule is CC(=O)OC12C3[C@@H]4[C@H]1C1[C@@H]2[C@@H]3C4(Br)C12OCCO2. The van der Waals surface area contributed by atoms with Gasteiger partial charge in [-0.05, 0) is 11.8 Å². The zero-order valence-corrected chi connectivity index (χ0v) is 11.5. The van der Waals surface area contributed by atoms with E-state index >= 15 is 0 Å². The van der Waals surface area contributed by atoms with Crippen LogP contribution >= 0.6 is 15.9 Å². The summed E-state index contributed by atoms with van der Waals surface area (Å²) < 4.78 is 17.8. The maximum atomic E-state index is 11.3. The standard InChI is InChI=1S/C13H13BrO4/c1-4(15)18-11-5-8-6(11)10-7(11)9(5)12(8,14)13(10)16-2-3-17-13/h5-10H,2-3H2,1H3/t5?,6-,7-,8+,9+,10?,11?,12?/m0/s1. The van der Waals surface area contributed by atoms with Crippen molar-refractivity contribution in [2.45, 2.75) is 22.6 Å². The van der Waals surface area contributed by atoms with E-state index in [-0.39, 0.29) is 15.9 Å². The van der Waals surface area contributed by atoms with Gasteiger partial charge in [0, 0.05) is 30.6 Å². The van der Waals surface area contributed by atoms with Gasteiger partial charge in [-0.15, -0.1) is 0 Å². The van der Waals surface area contributed by atoms with E-state index in [1.54, 1.807) is 0 Å². The highest BCUT2D eigenvalue weighted by Gasteiger charge is 3.10. The Morgan fingerprint density at radius 2 is 1.67 bits per heavy atom. The molecule has 4 atom stereocenters. The minimum absolute atomic E-state index is 0.0308. The van der Waals surface area contributed by atoms with E-state index in [9.17, 15) is 4.79 Å². The molecule has 0 aromatic carbocycles. The van der Waals surface area contributed by atoms with Crippen LogP contribution in [0.25, 0.3) is 0 Å². The first kappa shape index (κ1) is 9.72. The molecule has 6 saturated carbocycles. The predicted octanol–water partition coefficient (Wildman–Crippen LogP) is 0.930. The number of rotatable bonds is 1. The summed E-state index contributed by atoms with van der Waals surface area (Å²) in [7, 11) is 0. The number of halogens is 1. The van der Waals surface area contributed by atoms with Crippen molar-refractivity contribution in [1.29, 1.82) is 0 Å². The van der Waals surface area contributed by atoms with Gasteiger partial charge < -0.3 is 14.2 Å². The van der Waals surface area contributed by atoms with Crippen molar-refractivity contribution in [3.63, 3.8) is 0 Å². The topological polar surface area (TPSA) is 44.8 Å². The normalized spacial score (nSPS) is 69.9. The van der Waals surface area contributed by atoms with Crippen LogP contribution < -0.4 is 0 Å². The third kappa shape index (κ3) is 0.511. The van der Waals surface area contributed by atoms with E-state index in [0.29, 0.717) is 48.7 Å². The van der Waals surface area contributed by atoms with Gasteiger partial charge in [-0.25, -0.2) is 0 Å². The van der Waals surface area contributed by atoms with Crippen molar-refractivity contribution in [3.05, 3.63) is 0 Å². The van der Waals surface area contributed by atoms with Crippen molar-refractivity contribution in [3.8, 4) is 0 Å². The van der Waals surface area contributed by atoms with Crippen LogP contribution in [-0.2, 0) is 19.0 Å². The van der Waals surface area contributed by atoms with E-state index in [4.69, 9.17) is 14.2 Å². The summed E-state index contributed by atoms with van der Waals surface area (Å²) in [5.74, 6) is 2.70. The third-order valence-corrected chi connectivity index (χ3v) is 8.47. The second kappa shape index (κ2) is 2.21. The van der Waals surface area contributed by atoms with Crippen molar-refractivity contribution in [2.24, 2.45) is 35.5 Å². The fourth-order valence-corrected chi connectivity index (χ4v) is 8.60. The third-order valence-electron chi connectivity index (χ3n) is 6.86. The predicted molar refractivity (Wildman–Crippen MR) is 61.7 cm³/mol. The Balaban J connectivity index is 1.49. The second-order valence-electron chi connectivity index (χ2n) is 6.73. The summed E-state index contributed by atoms with van der Waals surface area (Å²) in [4.78, 5) is 11.3. The van der Waals surface area contributed by atoms with E-state index in [1.165, 1.54) is 6.92 Å². The monoisotopic (exact) mass is 312 g/mol. The molecular weight excluding hydrogens is 300 g/mol. The second-order valence-corrected chi connectivity index (χ2v) is 8.05. The molecular formula is C13H13BrO4. The first-order chi connectivity index (χ1) is 8.61. The molecule has 6 aliphatic carbocycles. The fourth-order valence-electron chi connectivity index (χ4n) is 6.97. The number of carbonyl (C=O) groups is 1. The van der Waals surface area contributed by atoms with Crippen molar-refractivity contribution in [1.82, 2.24) is 0 Å². The van der Waals surface area contributed by atoms with Crippen LogP contribution in [0.5, 0.6) is 0 Å². The van der Waals surface area contributed by atoms with Gasteiger partial charge in [0.1, 0.15) is 5.60 Å². The molecule has 0 aromatic heterocycles. The number of hydrogen-bond acceptors (Lipinski definition) is 4. The number of alkyl halides is 1. The average molecular weight is 313 g/mol. The Morgan fingerprint density at radius 3 is 2.22 bits per heavy atom. The smallest absolute Gasteiger partial charge is 0.303 e. The van der Waals surface area contributed by atoms with Gasteiger partial charge in [0.15, 0.2) is 5.79 Å². The van der Waals surface area contributed by atoms with Crippen LogP contribution in [0.15, 0.2) is 0 Å². The molecule has 1 saturated heterocycles. The first-order valence-electron chi connectivity index (χ1n) is 6.77. The molecule has 0 N–H and O–H groups in total. The Kier molecular flexibility index (Phi) is 1.19. The molecule has 0 radical (unpaired) electrons. The van der Waals surface area contributed by atoms with E-state index in [2.05, 4.69) is 15.9 Å². The summed E-state index contributed by atoms with van der Waals surface area (Å²) in [6.45, 7) is 2.93. The van der Waals surface area contributed by atoms with Crippen LogP contribution in [0.1, 0.15) is 6.92 Å². The molecule has 1 spiro atoms. The molecule has 96 valence electrons. The number of hydrogen-bond donors (Lipinski definition) is 0. The number of esters is 1. The Morgan fingerprint density at radius 1 is 1.11 bits per heavy atom. The molecule has 2 bridgehead atoms. The Hall–Kier alpha value is -0.130. The van der Waals surface area contributed by atoms with E-state index in [0.717, 1.165) is 0 Å². The van der Waals surface area contributed by atoms with Crippen molar-refractivity contribution >= 4 is 21.9 Å². The maximum Gasteiger partial charge on any atom is 0.303 e. The van der Waals surface area contributed by atoms with Gasteiger partial charge >= 0.3 is 5.97 Å². The lowest BCUT2D eigenvalue weighted by atomic mass is 9.17. The molecule has 0 amide bonds. The molecule has 7 fully saturated rings. The minimum Gasteiger partial charge on any atom is -0.458 e. The summed E-state index contributed by atoms with van der Waals surface area (Å²) in [6.07, 6.45) is 0. The summed E-state index contributed by atoms with van der Waals surface area (Å²) >= 11 is 3.97. The molecule has 4 nitrogen and oxygen atoms in total. The number of ether oxygens (including phenoxy) is 3.